The van der Waals surface area contributed by atoms with Crippen molar-refractivity contribution in [1.29, 1.82) is 0 Å². The minimum atomic E-state index is -0.668. The average Bonchev–Trinajstić information content (AvgIpc) is 2.78. The number of hydrogen-bond donors (Lipinski definition) is 1. The average molecular weight is 259 g/mol. The Bertz CT molecular complexity index is 452. The molecule has 0 saturated carbocycles. The summed E-state index contributed by atoms with van der Waals surface area (Å²) < 4.78 is 0. The van der Waals surface area contributed by atoms with Crippen LogP contribution in [0.5, 0.6) is 0 Å². The van der Waals surface area contributed by atoms with Crippen molar-refractivity contribution in [3.8, 4) is 0 Å². The van der Waals surface area contributed by atoms with Crippen molar-refractivity contribution >= 4 is 5.97 Å². The molecular weight excluding hydrogens is 238 g/mol. The summed E-state index contributed by atoms with van der Waals surface area (Å²) in [6.07, 6.45) is 5.76. The molecule has 0 spiro atoms. The molecule has 3 rings (SSSR count). The molecule has 1 heterocycles. The van der Waals surface area contributed by atoms with Crippen LogP contribution in [0.4, 0.5) is 0 Å². The summed E-state index contributed by atoms with van der Waals surface area (Å²) in [5.74, 6) is -0.668. The molecule has 0 unspecified atom stereocenters. The third kappa shape index (κ3) is 2.39. The molecule has 0 bridgehead atoms. The van der Waals surface area contributed by atoms with Gasteiger partial charge in [-0.05, 0) is 49.9 Å². The Kier molecular flexibility index (Phi) is 3.31. The Hall–Kier alpha value is -1.35. The van der Waals surface area contributed by atoms with Crippen molar-refractivity contribution in [2.24, 2.45) is 0 Å². The van der Waals surface area contributed by atoms with Crippen LogP contribution in [0.25, 0.3) is 0 Å². The molecule has 1 N–H and O–H groups in total. The highest BCUT2D eigenvalue weighted by Gasteiger charge is 2.43. The first kappa shape index (κ1) is 12.7. The predicted octanol–water partition coefficient (Wildman–Crippen LogP) is 2.48. The van der Waals surface area contributed by atoms with Crippen LogP contribution in [0.3, 0.4) is 0 Å². The summed E-state index contributed by atoms with van der Waals surface area (Å²) in [5, 5.41) is 9.32. The number of aliphatic carboxylic acids is 1. The van der Waals surface area contributed by atoms with Gasteiger partial charge in [0.25, 0.3) is 0 Å². The highest BCUT2D eigenvalue weighted by atomic mass is 16.4. The van der Waals surface area contributed by atoms with Crippen molar-refractivity contribution < 1.29 is 9.90 Å². The molecule has 1 aromatic carbocycles. The second-order valence-corrected chi connectivity index (χ2v) is 5.96. The number of carboxylic acid groups (broad SMARTS) is 1. The number of hydrogen-bond acceptors (Lipinski definition) is 2. The molecule has 102 valence electrons. The van der Waals surface area contributed by atoms with Crippen LogP contribution in [0.1, 0.15) is 36.8 Å². The monoisotopic (exact) mass is 259 g/mol. The number of likely N-dealkylation sites (tertiary alicyclic amines) is 1. The predicted molar refractivity (Wildman–Crippen MR) is 74.3 cm³/mol. The van der Waals surface area contributed by atoms with Crippen LogP contribution >= 0.6 is 0 Å². The van der Waals surface area contributed by atoms with E-state index in [1.165, 1.54) is 30.4 Å². The number of carboxylic acids is 1. The van der Waals surface area contributed by atoms with Gasteiger partial charge in [-0.2, -0.15) is 0 Å². The first-order valence-corrected chi connectivity index (χ1v) is 7.23. The summed E-state index contributed by atoms with van der Waals surface area (Å²) in [6.45, 7) is 2.11. The second-order valence-electron chi connectivity index (χ2n) is 5.96. The van der Waals surface area contributed by atoms with Crippen molar-refractivity contribution in [2.75, 3.05) is 13.1 Å². The Morgan fingerprint density at radius 2 is 1.68 bits per heavy atom. The van der Waals surface area contributed by atoms with E-state index in [1.807, 2.05) is 0 Å². The molecule has 19 heavy (non-hydrogen) atoms. The Morgan fingerprint density at radius 3 is 2.21 bits per heavy atom. The zero-order valence-corrected chi connectivity index (χ0v) is 11.3. The third-order valence-corrected chi connectivity index (χ3v) is 4.66. The fourth-order valence-electron chi connectivity index (χ4n) is 3.78. The van der Waals surface area contributed by atoms with Crippen LogP contribution in [-0.4, -0.2) is 34.6 Å². The number of benzene rings is 1. The molecule has 2 aliphatic rings. The molecule has 0 amide bonds. The van der Waals surface area contributed by atoms with Gasteiger partial charge in [-0.1, -0.05) is 30.7 Å². The highest BCUT2D eigenvalue weighted by molar-refractivity contribution is 5.69. The maximum absolute atomic E-state index is 11.3. The van der Waals surface area contributed by atoms with E-state index in [0.717, 1.165) is 25.9 Å². The lowest BCUT2D eigenvalue weighted by Crippen LogP contribution is -2.53. The first-order valence-electron chi connectivity index (χ1n) is 7.23. The molecule has 0 atom stereocenters. The molecule has 1 aliphatic heterocycles. The topological polar surface area (TPSA) is 40.5 Å². The van der Waals surface area contributed by atoms with Crippen LogP contribution in [0, 0.1) is 0 Å². The van der Waals surface area contributed by atoms with Crippen LogP contribution < -0.4 is 0 Å². The normalized spacial score (nSPS) is 22.1. The zero-order valence-electron chi connectivity index (χ0n) is 11.3. The molecule has 1 fully saturated rings. The maximum Gasteiger partial charge on any atom is 0.305 e. The lowest BCUT2D eigenvalue weighted by molar-refractivity contribution is -0.140. The van der Waals surface area contributed by atoms with Gasteiger partial charge in [0.15, 0.2) is 0 Å². The maximum atomic E-state index is 11.3. The Labute approximate surface area is 114 Å². The number of carbonyl (C=O) groups is 1. The standard InChI is InChI=1S/C16H21NO2/c18-15(19)12-16(17-8-4-1-5-9-17)10-13-6-2-3-7-14(13)11-16/h2-3,6-7H,1,4-5,8-12H2,(H,18,19). The minimum Gasteiger partial charge on any atom is -0.481 e. The number of nitrogens with zero attached hydrogens (tertiary/aromatic N) is 1. The van der Waals surface area contributed by atoms with E-state index in [1.54, 1.807) is 0 Å². The van der Waals surface area contributed by atoms with E-state index in [9.17, 15) is 9.90 Å². The van der Waals surface area contributed by atoms with Gasteiger partial charge in [0.05, 0.1) is 6.42 Å². The van der Waals surface area contributed by atoms with Crippen molar-refractivity contribution in [2.45, 2.75) is 44.1 Å². The summed E-state index contributed by atoms with van der Waals surface area (Å²) in [5.41, 5.74) is 2.51. The molecule has 0 radical (unpaired) electrons. The van der Waals surface area contributed by atoms with Gasteiger partial charge < -0.3 is 5.11 Å². The van der Waals surface area contributed by atoms with Gasteiger partial charge in [-0.25, -0.2) is 0 Å². The van der Waals surface area contributed by atoms with Crippen molar-refractivity contribution in [1.82, 2.24) is 4.90 Å². The van der Waals surface area contributed by atoms with Gasteiger partial charge in [0, 0.05) is 5.54 Å². The number of fused-ring (bicyclic) bond motifs is 1. The summed E-state index contributed by atoms with van der Waals surface area (Å²) in [7, 11) is 0. The first-order chi connectivity index (χ1) is 9.20. The summed E-state index contributed by atoms with van der Waals surface area (Å²) in [6, 6.07) is 8.43. The van der Waals surface area contributed by atoms with Gasteiger partial charge in [-0.15, -0.1) is 0 Å². The highest BCUT2D eigenvalue weighted by Crippen LogP contribution is 2.38. The van der Waals surface area contributed by atoms with Crippen LogP contribution in [-0.2, 0) is 17.6 Å². The number of rotatable bonds is 3. The van der Waals surface area contributed by atoms with E-state index < -0.39 is 5.97 Å². The Morgan fingerprint density at radius 1 is 1.11 bits per heavy atom. The van der Waals surface area contributed by atoms with Gasteiger partial charge in [-0.3, -0.25) is 9.69 Å². The van der Waals surface area contributed by atoms with Gasteiger partial charge in [0.1, 0.15) is 0 Å². The molecule has 1 aliphatic carbocycles. The molecular formula is C16H21NO2. The van der Waals surface area contributed by atoms with Crippen LogP contribution in [0.15, 0.2) is 24.3 Å². The van der Waals surface area contributed by atoms with Crippen LogP contribution in [0.2, 0.25) is 0 Å². The van der Waals surface area contributed by atoms with E-state index in [2.05, 4.69) is 29.2 Å². The molecule has 1 saturated heterocycles. The Balaban J connectivity index is 1.89. The zero-order chi connectivity index (χ0) is 13.3. The van der Waals surface area contributed by atoms with E-state index >= 15 is 0 Å². The quantitative estimate of drug-likeness (QED) is 0.906. The van der Waals surface area contributed by atoms with Gasteiger partial charge >= 0.3 is 5.97 Å². The van der Waals surface area contributed by atoms with Gasteiger partial charge in [0.2, 0.25) is 0 Å². The molecule has 3 heteroatoms. The lowest BCUT2D eigenvalue weighted by atomic mass is 9.87. The fraction of sp³-hybridized carbons (Fsp3) is 0.562. The van der Waals surface area contributed by atoms with Crippen molar-refractivity contribution in [3.05, 3.63) is 35.4 Å². The van der Waals surface area contributed by atoms with Crippen molar-refractivity contribution in [3.63, 3.8) is 0 Å². The second kappa shape index (κ2) is 4.97. The SMILES string of the molecule is O=C(O)CC1(N2CCCCC2)Cc2ccccc2C1. The number of piperidine rings is 1. The molecule has 1 aromatic rings. The summed E-state index contributed by atoms with van der Waals surface area (Å²) in [4.78, 5) is 13.8. The van der Waals surface area contributed by atoms with E-state index in [-0.39, 0.29) is 12.0 Å². The minimum absolute atomic E-state index is 0.171. The summed E-state index contributed by atoms with van der Waals surface area (Å²) >= 11 is 0. The fourth-order valence-corrected chi connectivity index (χ4v) is 3.78. The largest absolute Gasteiger partial charge is 0.481 e. The van der Waals surface area contributed by atoms with E-state index in [4.69, 9.17) is 0 Å². The lowest BCUT2D eigenvalue weighted by Gasteiger charge is -2.42. The molecule has 0 aromatic heterocycles. The smallest absolute Gasteiger partial charge is 0.305 e. The molecule has 3 nitrogen and oxygen atoms in total. The third-order valence-electron chi connectivity index (χ3n) is 4.66. The van der Waals surface area contributed by atoms with E-state index in [0.29, 0.717) is 0 Å².